The number of nitrogens with one attached hydrogen (secondary N) is 2. The summed E-state index contributed by atoms with van der Waals surface area (Å²) in [7, 11) is 1.32. The summed E-state index contributed by atoms with van der Waals surface area (Å²) in [6.07, 6.45) is 2.50. The van der Waals surface area contributed by atoms with Crippen LogP contribution in [0.2, 0.25) is 5.02 Å². The van der Waals surface area contributed by atoms with E-state index >= 15 is 0 Å². The summed E-state index contributed by atoms with van der Waals surface area (Å²) in [5.74, 6) is -0.479. The van der Waals surface area contributed by atoms with Crippen molar-refractivity contribution in [2.45, 2.75) is 25.4 Å². The Morgan fingerprint density at radius 2 is 2.26 bits per heavy atom. The zero-order valence-corrected chi connectivity index (χ0v) is 13.8. The number of halogens is 1. The lowest BCUT2D eigenvalue weighted by molar-refractivity contribution is -0.121. The van der Waals surface area contributed by atoms with Crippen molar-refractivity contribution in [1.82, 2.24) is 5.32 Å². The maximum absolute atomic E-state index is 11.8. The maximum atomic E-state index is 11.8. The van der Waals surface area contributed by atoms with E-state index in [0.717, 1.165) is 19.4 Å². The number of methoxy groups -OCH3 is 1. The number of carbonyl (C=O) groups is 2. The normalized spacial score (nSPS) is 16.9. The number of esters is 1. The summed E-state index contributed by atoms with van der Waals surface area (Å²) >= 11 is 6.07. The highest BCUT2D eigenvalue weighted by molar-refractivity contribution is 6.33. The second-order valence-electron chi connectivity index (χ2n) is 5.30. The van der Waals surface area contributed by atoms with E-state index in [2.05, 4.69) is 15.4 Å². The van der Waals surface area contributed by atoms with E-state index in [1.807, 2.05) is 0 Å². The first-order valence-electron chi connectivity index (χ1n) is 7.60. The summed E-state index contributed by atoms with van der Waals surface area (Å²) in [6.45, 7) is 1.75. The molecule has 1 fully saturated rings. The van der Waals surface area contributed by atoms with Gasteiger partial charge >= 0.3 is 5.97 Å². The Bertz CT molecular complexity index is 559. The molecule has 1 aliphatic rings. The van der Waals surface area contributed by atoms with E-state index in [0.29, 0.717) is 35.8 Å². The Morgan fingerprint density at radius 1 is 1.43 bits per heavy atom. The lowest BCUT2D eigenvalue weighted by atomic mass is 10.2. The zero-order valence-electron chi connectivity index (χ0n) is 13.1. The number of hydrogen-bond donors (Lipinski definition) is 2. The summed E-state index contributed by atoms with van der Waals surface area (Å²) in [5, 5.41) is 6.40. The predicted octanol–water partition coefficient (Wildman–Crippen LogP) is 2.22. The van der Waals surface area contributed by atoms with Gasteiger partial charge in [0.1, 0.15) is 0 Å². The molecular weight excluding hydrogens is 320 g/mol. The highest BCUT2D eigenvalue weighted by atomic mass is 35.5. The molecular formula is C16H21ClN2O4. The third-order valence-corrected chi connectivity index (χ3v) is 3.94. The summed E-state index contributed by atoms with van der Waals surface area (Å²) < 4.78 is 10.1. The molecule has 6 nitrogen and oxygen atoms in total. The van der Waals surface area contributed by atoms with Crippen LogP contribution in [0.1, 0.15) is 29.6 Å². The van der Waals surface area contributed by atoms with Crippen molar-refractivity contribution in [3.8, 4) is 0 Å². The van der Waals surface area contributed by atoms with Crippen LogP contribution in [0, 0.1) is 0 Å². The molecule has 0 aromatic heterocycles. The number of ether oxygens (including phenoxy) is 2. The molecule has 0 aliphatic carbocycles. The number of amides is 1. The Labute approximate surface area is 140 Å². The largest absolute Gasteiger partial charge is 0.465 e. The summed E-state index contributed by atoms with van der Waals surface area (Å²) in [4.78, 5) is 23.3. The van der Waals surface area contributed by atoms with E-state index in [1.165, 1.54) is 7.11 Å². The monoisotopic (exact) mass is 340 g/mol. The molecule has 0 bridgehead atoms. The van der Waals surface area contributed by atoms with Crippen molar-refractivity contribution in [2.24, 2.45) is 0 Å². The second kappa shape index (κ2) is 8.74. The van der Waals surface area contributed by atoms with Crippen LogP contribution in [-0.2, 0) is 14.3 Å². The smallest absolute Gasteiger partial charge is 0.337 e. The molecule has 1 aromatic carbocycles. The summed E-state index contributed by atoms with van der Waals surface area (Å²) in [6, 6.07) is 4.82. The molecule has 126 valence electrons. The van der Waals surface area contributed by atoms with Gasteiger partial charge in [-0.1, -0.05) is 11.6 Å². The van der Waals surface area contributed by atoms with Gasteiger partial charge in [-0.2, -0.15) is 0 Å². The minimum atomic E-state index is -0.431. The first-order chi connectivity index (χ1) is 11.1. The predicted molar refractivity (Wildman–Crippen MR) is 87.9 cm³/mol. The fourth-order valence-electron chi connectivity index (χ4n) is 2.34. The molecule has 1 atom stereocenters. The molecule has 1 aliphatic heterocycles. The van der Waals surface area contributed by atoms with Crippen LogP contribution < -0.4 is 10.6 Å². The van der Waals surface area contributed by atoms with Gasteiger partial charge in [-0.25, -0.2) is 4.79 Å². The van der Waals surface area contributed by atoms with E-state index in [9.17, 15) is 9.59 Å². The van der Waals surface area contributed by atoms with E-state index in [-0.39, 0.29) is 12.0 Å². The molecule has 1 amide bonds. The van der Waals surface area contributed by atoms with Crippen molar-refractivity contribution in [1.29, 1.82) is 0 Å². The topological polar surface area (TPSA) is 76.7 Å². The van der Waals surface area contributed by atoms with Crippen LogP contribution in [0.3, 0.4) is 0 Å². The Hall–Kier alpha value is -1.79. The van der Waals surface area contributed by atoms with Gasteiger partial charge in [0.25, 0.3) is 0 Å². The van der Waals surface area contributed by atoms with Crippen LogP contribution in [-0.4, -0.2) is 44.8 Å². The number of rotatable bonds is 7. The van der Waals surface area contributed by atoms with Gasteiger partial charge in [-0.15, -0.1) is 0 Å². The molecule has 1 heterocycles. The Morgan fingerprint density at radius 3 is 2.96 bits per heavy atom. The van der Waals surface area contributed by atoms with E-state index in [4.69, 9.17) is 16.3 Å². The second-order valence-corrected chi connectivity index (χ2v) is 5.71. The zero-order chi connectivity index (χ0) is 16.7. The number of anilines is 1. The quantitative estimate of drug-likeness (QED) is 0.744. The van der Waals surface area contributed by atoms with Gasteiger partial charge in [0, 0.05) is 26.1 Å². The molecule has 0 saturated carbocycles. The first-order valence-corrected chi connectivity index (χ1v) is 7.98. The average Bonchev–Trinajstić information content (AvgIpc) is 3.07. The molecule has 23 heavy (non-hydrogen) atoms. The number of benzene rings is 1. The van der Waals surface area contributed by atoms with Crippen molar-refractivity contribution < 1.29 is 19.1 Å². The van der Waals surface area contributed by atoms with Gasteiger partial charge in [0.15, 0.2) is 0 Å². The van der Waals surface area contributed by atoms with Crippen LogP contribution in [0.5, 0.6) is 0 Å². The minimum absolute atomic E-state index is 0.0479. The van der Waals surface area contributed by atoms with Crippen molar-refractivity contribution in [3.63, 3.8) is 0 Å². The molecule has 2 rings (SSSR count). The SMILES string of the molecule is COC(=O)c1ccc(Cl)c(NCCC(=O)NCC2CCCO2)c1. The lowest BCUT2D eigenvalue weighted by Gasteiger charge is -2.12. The van der Waals surface area contributed by atoms with E-state index < -0.39 is 5.97 Å². The highest BCUT2D eigenvalue weighted by Gasteiger charge is 2.16. The molecule has 7 heteroatoms. The van der Waals surface area contributed by atoms with Crippen LogP contribution >= 0.6 is 11.6 Å². The van der Waals surface area contributed by atoms with Crippen LogP contribution in [0.25, 0.3) is 0 Å². The lowest BCUT2D eigenvalue weighted by Crippen LogP contribution is -2.32. The Kier molecular flexibility index (Phi) is 6.67. The highest BCUT2D eigenvalue weighted by Crippen LogP contribution is 2.23. The molecule has 1 saturated heterocycles. The minimum Gasteiger partial charge on any atom is -0.465 e. The molecule has 1 unspecified atom stereocenters. The Balaban J connectivity index is 1.76. The first kappa shape index (κ1) is 17.6. The van der Waals surface area contributed by atoms with Crippen LogP contribution in [0.15, 0.2) is 18.2 Å². The molecule has 0 spiro atoms. The standard InChI is InChI=1S/C16H21ClN2O4/c1-22-16(21)11-4-5-13(17)14(9-11)18-7-6-15(20)19-10-12-3-2-8-23-12/h4-5,9,12,18H,2-3,6-8,10H2,1H3,(H,19,20). The van der Waals surface area contributed by atoms with Gasteiger partial charge < -0.3 is 20.1 Å². The number of hydrogen-bond acceptors (Lipinski definition) is 5. The molecule has 0 radical (unpaired) electrons. The molecule has 1 aromatic rings. The number of carbonyl (C=O) groups excluding carboxylic acids is 2. The van der Waals surface area contributed by atoms with Crippen LogP contribution in [0.4, 0.5) is 5.69 Å². The third kappa shape index (κ3) is 5.41. The fourth-order valence-corrected chi connectivity index (χ4v) is 2.52. The molecule has 2 N–H and O–H groups in total. The van der Waals surface area contributed by atoms with Crippen molar-refractivity contribution in [3.05, 3.63) is 28.8 Å². The van der Waals surface area contributed by atoms with Crippen molar-refractivity contribution in [2.75, 3.05) is 32.1 Å². The van der Waals surface area contributed by atoms with Gasteiger partial charge in [-0.3, -0.25) is 4.79 Å². The van der Waals surface area contributed by atoms with Crippen molar-refractivity contribution >= 4 is 29.2 Å². The fraction of sp³-hybridized carbons (Fsp3) is 0.500. The summed E-state index contributed by atoms with van der Waals surface area (Å²) in [5.41, 5.74) is 1.00. The van der Waals surface area contributed by atoms with Gasteiger partial charge in [0.05, 0.1) is 29.5 Å². The maximum Gasteiger partial charge on any atom is 0.337 e. The van der Waals surface area contributed by atoms with Gasteiger partial charge in [0.2, 0.25) is 5.91 Å². The third-order valence-electron chi connectivity index (χ3n) is 3.61. The average molecular weight is 341 g/mol. The van der Waals surface area contributed by atoms with Gasteiger partial charge in [-0.05, 0) is 31.0 Å². The van der Waals surface area contributed by atoms with E-state index in [1.54, 1.807) is 18.2 Å².